The molecule has 0 saturated carbocycles. The van der Waals surface area contributed by atoms with E-state index in [-0.39, 0.29) is 23.4 Å². The third-order valence-electron chi connectivity index (χ3n) is 3.62. The molecule has 0 spiro atoms. The molecule has 0 aliphatic heterocycles. The number of amides is 2. The van der Waals surface area contributed by atoms with Crippen LogP contribution in [-0.4, -0.2) is 24.1 Å². The first-order valence-corrected chi connectivity index (χ1v) is 9.41. The van der Waals surface area contributed by atoms with E-state index in [2.05, 4.69) is 10.6 Å². The molecule has 0 heterocycles. The van der Waals surface area contributed by atoms with Crippen molar-refractivity contribution in [1.82, 2.24) is 5.32 Å². The van der Waals surface area contributed by atoms with E-state index in [4.69, 9.17) is 0 Å². The number of thioether (sulfide) groups is 1. The highest BCUT2D eigenvalue weighted by atomic mass is 32.2. The second-order valence-electron chi connectivity index (χ2n) is 6.42. The van der Waals surface area contributed by atoms with E-state index in [1.54, 1.807) is 30.3 Å². The number of halogens is 1. The van der Waals surface area contributed by atoms with Crippen molar-refractivity contribution in [3.05, 3.63) is 59.4 Å². The summed E-state index contributed by atoms with van der Waals surface area (Å²) in [6, 6.07) is 11.2. The van der Waals surface area contributed by atoms with E-state index in [1.807, 2.05) is 20.8 Å². The molecule has 0 atom stereocenters. The highest BCUT2D eigenvalue weighted by Gasteiger charge is 2.10. The van der Waals surface area contributed by atoms with E-state index in [1.165, 1.54) is 23.9 Å². The lowest BCUT2D eigenvalue weighted by molar-refractivity contribution is -0.113. The van der Waals surface area contributed by atoms with Crippen LogP contribution in [0.5, 0.6) is 0 Å². The first-order chi connectivity index (χ1) is 12.3. The first kappa shape index (κ1) is 20.0. The van der Waals surface area contributed by atoms with Gasteiger partial charge in [-0.25, -0.2) is 4.39 Å². The summed E-state index contributed by atoms with van der Waals surface area (Å²) in [6.07, 6.45) is 0. The number of aryl methyl sites for hydroxylation is 1. The van der Waals surface area contributed by atoms with E-state index in [9.17, 15) is 14.0 Å². The lowest BCUT2D eigenvalue weighted by atomic mass is 10.1. The minimum Gasteiger partial charge on any atom is -0.352 e. The molecule has 0 aromatic heterocycles. The standard InChI is InChI=1S/C20H23FN2O2S/c1-13(2)11-22-20(25)15-4-9-18(14(3)10-15)23-19(24)12-26-17-7-5-16(21)6-8-17/h4-10,13H,11-12H2,1-3H3,(H,22,25)(H,23,24). The van der Waals surface area contributed by atoms with Crippen LogP contribution in [-0.2, 0) is 4.79 Å². The third-order valence-corrected chi connectivity index (χ3v) is 4.63. The van der Waals surface area contributed by atoms with Crippen LogP contribution >= 0.6 is 11.8 Å². The molecule has 2 aromatic rings. The molecule has 0 saturated heterocycles. The van der Waals surface area contributed by atoms with E-state index < -0.39 is 0 Å². The predicted octanol–water partition coefficient (Wildman–Crippen LogP) is 4.25. The molecule has 0 fully saturated rings. The normalized spacial score (nSPS) is 10.7. The van der Waals surface area contributed by atoms with Crippen molar-refractivity contribution in [2.75, 3.05) is 17.6 Å². The van der Waals surface area contributed by atoms with Crippen LogP contribution in [0.4, 0.5) is 10.1 Å². The quantitative estimate of drug-likeness (QED) is 0.712. The Morgan fingerprint density at radius 2 is 1.81 bits per heavy atom. The molecule has 6 heteroatoms. The lowest BCUT2D eigenvalue weighted by Crippen LogP contribution is -2.27. The molecule has 2 aromatic carbocycles. The van der Waals surface area contributed by atoms with Crippen LogP contribution in [0.1, 0.15) is 29.8 Å². The van der Waals surface area contributed by atoms with Gasteiger partial charge in [0.25, 0.3) is 5.91 Å². The Morgan fingerprint density at radius 3 is 2.42 bits per heavy atom. The topological polar surface area (TPSA) is 58.2 Å². The molecule has 0 unspecified atom stereocenters. The summed E-state index contributed by atoms with van der Waals surface area (Å²) < 4.78 is 12.9. The lowest BCUT2D eigenvalue weighted by Gasteiger charge is -2.11. The molecule has 4 nitrogen and oxygen atoms in total. The maximum Gasteiger partial charge on any atom is 0.251 e. The summed E-state index contributed by atoms with van der Waals surface area (Å²) >= 11 is 1.34. The largest absolute Gasteiger partial charge is 0.352 e. The van der Waals surface area contributed by atoms with Crippen molar-refractivity contribution >= 4 is 29.3 Å². The van der Waals surface area contributed by atoms with E-state index in [0.29, 0.717) is 23.7 Å². The van der Waals surface area contributed by atoms with Crippen LogP contribution < -0.4 is 10.6 Å². The second kappa shape index (κ2) is 9.38. The second-order valence-corrected chi connectivity index (χ2v) is 7.47. The Morgan fingerprint density at radius 1 is 1.12 bits per heavy atom. The molecule has 26 heavy (non-hydrogen) atoms. The zero-order valence-corrected chi connectivity index (χ0v) is 16.0. The van der Waals surface area contributed by atoms with Gasteiger partial charge in [-0.1, -0.05) is 13.8 Å². The van der Waals surface area contributed by atoms with Gasteiger partial charge in [-0.2, -0.15) is 0 Å². The summed E-state index contributed by atoms with van der Waals surface area (Å²) in [7, 11) is 0. The number of carbonyl (C=O) groups is 2. The van der Waals surface area contributed by atoms with Crippen molar-refractivity contribution in [2.24, 2.45) is 5.92 Å². The van der Waals surface area contributed by atoms with Crippen LogP contribution in [0, 0.1) is 18.7 Å². The molecule has 0 aliphatic carbocycles. The Hall–Kier alpha value is -2.34. The van der Waals surface area contributed by atoms with Crippen molar-refractivity contribution in [2.45, 2.75) is 25.7 Å². The number of carbonyl (C=O) groups excluding carboxylic acids is 2. The molecule has 0 bridgehead atoms. The van der Waals surface area contributed by atoms with E-state index in [0.717, 1.165) is 10.5 Å². The number of nitrogens with one attached hydrogen (secondary N) is 2. The van der Waals surface area contributed by atoms with Crippen molar-refractivity contribution in [1.29, 1.82) is 0 Å². The first-order valence-electron chi connectivity index (χ1n) is 8.42. The van der Waals surface area contributed by atoms with Crippen LogP contribution in [0.25, 0.3) is 0 Å². The molecular formula is C20H23FN2O2S. The van der Waals surface area contributed by atoms with Gasteiger partial charge in [0.05, 0.1) is 5.75 Å². The predicted molar refractivity (Wildman–Crippen MR) is 104 cm³/mol. The number of hydrogen-bond donors (Lipinski definition) is 2. The summed E-state index contributed by atoms with van der Waals surface area (Å²) in [6.45, 7) is 6.54. The molecule has 2 rings (SSSR count). The Kier molecular flexibility index (Phi) is 7.21. The van der Waals surface area contributed by atoms with Gasteiger partial charge in [-0.05, 0) is 60.9 Å². The third kappa shape index (κ3) is 6.19. The SMILES string of the molecule is Cc1cc(C(=O)NCC(C)C)ccc1NC(=O)CSc1ccc(F)cc1. The summed E-state index contributed by atoms with van der Waals surface area (Å²) in [5.74, 6) is 0.0389. The zero-order chi connectivity index (χ0) is 19.1. The number of hydrogen-bond acceptors (Lipinski definition) is 3. The van der Waals surface area contributed by atoms with Gasteiger partial charge in [-0.3, -0.25) is 9.59 Å². The van der Waals surface area contributed by atoms with Gasteiger partial charge in [0.15, 0.2) is 0 Å². The summed E-state index contributed by atoms with van der Waals surface area (Å²) in [5.41, 5.74) is 2.07. The molecule has 0 aliphatic rings. The Balaban J connectivity index is 1.91. The Bertz CT molecular complexity index is 776. The minimum absolute atomic E-state index is 0.119. The minimum atomic E-state index is -0.299. The molecular weight excluding hydrogens is 351 g/mol. The smallest absolute Gasteiger partial charge is 0.251 e. The molecule has 138 valence electrons. The highest BCUT2D eigenvalue weighted by Crippen LogP contribution is 2.20. The van der Waals surface area contributed by atoms with Crippen molar-refractivity contribution in [3.63, 3.8) is 0 Å². The average Bonchev–Trinajstić information content (AvgIpc) is 2.61. The molecule has 2 amide bonds. The zero-order valence-electron chi connectivity index (χ0n) is 15.1. The fraction of sp³-hybridized carbons (Fsp3) is 0.300. The maximum absolute atomic E-state index is 12.9. The van der Waals surface area contributed by atoms with Gasteiger partial charge in [0, 0.05) is 22.7 Å². The fourth-order valence-electron chi connectivity index (χ4n) is 2.21. The average molecular weight is 374 g/mol. The monoisotopic (exact) mass is 374 g/mol. The maximum atomic E-state index is 12.9. The summed E-state index contributed by atoms with van der Waals surface area (Å²) in [5, 5.41) is 5.71. The van der Waals surface area contributed by atoms with Crippen LogP contribution in [0.2, 0.25) is 0 Å². The molecule has 0 radical (unpaired) electrons. The van der Waals surface area contributed by atoms with Crippen LogP contribution in [0.3, 0.4) is 0 Å². The molecule has 2 N–H and O–H groups in total. The number of anilines is 1. The fourth-order valence-corrected chi connectivity index (χ4v) is 2.91. The number of rotatable bonds is 7. The highest BCUT2D eigenvalue weighted by molar-refractivity contribution is 8.00. The van der Waals surface area contributed by atoms with Crippen molar-refractivity contribution in [3.8, 4) is 0 Å². The van der Waals surface area contributed by atoms with Crippen molar-refractivity contribution < 1.29 is 14.0 Å². The summed E-state index contributed by atoms with van der Waals surface area (Å²) in [4.78, 5) is 25.0. The van der Waals surface area contributed by atoms with Gasteiger partial charge in [-0.15, -0.1) is 11.8 Å². The van der Waals surface area contributed by atoms with Gasteiger partial charge in [0.1, 0.15) is 5.82 Å². The van der Waals surface area contributed by atoms with Crippen LogP contribution in [0.15, 0.2) is 47.4 Å². The number of benzene rings is 2. The van der Waals surface area contributed by atoms with Gasteiger partial charge in [0.2, 0.25) is 5.91 Å². The van der Waals surface area contributed by atoms with Gasteiger partial charge >= 0.3 is 0 Å². The Labute approximate surface area is 157 Å². The van der Waals surface area contributed by atoms with E-state index >= 15 is 0 Å². The van der Waals surface area contributed by atoms with Gasteiger partial charge < -0.3 is 10.6 Å².